The number of rotatable bonds is 8. The van der Waals surface area contributed by atoms with Crippen molar-refractivity contribution in [1.82, 2.24) is 0 Å². The van der Waals surface area contributed by atoms with Crippen LogP contribution in [0.1, 0.15) is 46.8 Å². The molecular weight excluding hydrogens is 314 g/mol. The van der Waals surface area contributed by atoms with Crippen LogP contribution in [0.4, 0.5) is 5.69 Å². The fourth-order valence-electron chi connectivity index (χ4n) is 2.61. The molecule has 0 aliphatic carbocycles. The van der Waals surface area contributed by atoms with Crippen molar-refractivity contribution in [2.45, 2.75) is 40.2 Å². The molecule has 0 atom stereocenters. The van der Waals surface area contributed by atoms with Crippen molar-refractivity contribution >= 4 is 11.6 Å². The molecule has 134 valence electrons. The molecule has 25 heavy (non-hydrogen) atoms. The van der Waals surface area contributed by atoms with Gasteiger partial charge in [-0.15, -0.1) is 0 Å². The van der Waals surface area contributed by atoms with E-state index < -0.39 is 0 Å². The first-order valence-corrected chi connectivity index (χ1v) is 8.68. The van der Waals surface area contributed by atoms with E-state index >= 15 is 0 Å². The summed E-state index contributed by atoms with van der Waals surface area (Å²) in [5.41, 5.74) is 4.52. The second-order valence-electron chi connectivity index (χ2n) is 6.21. The minimum absolute atomic E-state index is 0.135. The van der Waals surface area contributed by atoms with Gasteiger partial charge in [0.05, 0.1) is 13.7 Å². The standard InChI is InChI=1S/C21H27NO3/c1-5-6-11-25-14-18-13-17(8-10-20(18)24-4)21(23)22-19-9-7-15(2)12-16(19)3/h7-10,12-13H,5-6,11,14H2,1-4H3,(H,22,23). The van der Waals surface area contributed by atoms with Crippen LogP contribution in [0.2, 0.25) is 0 Å². The normalized spacial score (nSPS) is 10.6. The van der Waals surface area contributed by atoms with Crippen molar-refractivity contribution in [2.24, 2.45) is 0 Å². The van der Waals surface area contributed by atoms with Crippen LogP contribution in [0.3, 0.4) is 0 Å². The van der Waals surface area contributed by atoms with Crippen LogP contribution in [-0.2, 0) is 11.3 Å². The molecule has 1 N–H and O–H groups in total. The molecule has 0 heterocycles. The second-order valence-corrected chi connectivity index (χ2v) is 6.21. The van der Waals surface area contributed by atoms with E-state index in [1.54, 1.807) is 13.2 Å². The number of hydrogen-bond donors (Lipinski definition) is 1. The summed E-state index contributed by atoms with van der Waals surface area (Å²) in [5.74, 6) is 0.601. The Hall–Kier alpha value is -2.33. The van der Waals surface area contributed by atoms with Gasteiger partial charge >= 0.3 is 0 Å². The molecule has 2 rings (SSSR count). The summed E-state index contributed by atoms with van der Waals surface area (Å²) < 4.78 is 11.1. The summed E-state index contributed by atoms with van der Waals surface area (Å²) >= 11 is 0. The summed E-state index contributed by atoms with van der Waals surface area (Å²) in [6.07, 6.45) is 2.12. The summed E-state index contributed by atoms with van der Waals surface area (Å²) in [6.45, 7) is 7.30. The van der Waals surface area contributed by atoms with E-state index in [4.69, 9.17) is 9.47 Å². The Morgan fingerprint density at radius 1 is 1.12 bits per heavy atom. The minimum atomic E-state index is -0.135. The first-order valence-electron chi connectivity index (χ1n) is 8.68. The van der Waals surface area contributed by atoms with Gasteiger partial charge in [-0.3, -0.25) is 4.79 Å². The van der Waals surface area contributed by atoms with Crippen LogP contribution in [-0.4, -0.2) is 19.6 Å². The molecule has 0 saturated carbocycles. The van der Waals surface area contributed by atoms with E-state index in [-0.39, 0.29) is 5.91 Å². The van der Waals surface area contributed by atoms with Crippen molar-refractivity contribution in [2.75, 3.05) is 19.0 Å². The van der Waals surface area contributed by atoms with Gasteiger partial charge in [-0.05, 0) is 50.1 Å². The molecule has 0 bridgehead atoms. The van der Waals surface area contributed by atoms with E-state index in [1.807, 2.05) is 38.1 Å². The SMILES string of the molecule is CCCCOCc1cc(C(=O)Nc2ccc(C)cc2C)ccc1OC. The molecule has 2 aromatic rings. The van der Waals surface area contributed by atoms with Crippen molar-refractivity contribution in [3.05, 3.63) is 58.7 Å². The van der Waals surface area contributed by atoms with Crippen molar-refractivity contribution in [3.63, 3.8) is 0 Å². The Kier molecular flexibility index (Phi) is 7.02. The van der Waals surface area contributed by atoms with Crippen LogP contribution in [0.5, 0.6) is 5.75 Å². The van der Waals surface area contributed by atoms with Crippen LogP contribution >= 0.6 is 0 Å². The number of carbonyl (C=O) groups is 1. The number of nitrogens with one attached hydrogen (secondary N) is 1. The van der Waals surface area contributed by atoms with E-state index in [2.05, 4.69) is 18.3 Å². The molecule has 0 aliphatic heterocycles. The van der Waals surface area contributed by atoms with Gasteiger partial charge in [-0.1, -0.05) is 31.0 Å². The van der Waals surface area contributed by atoms with Gasteiger partial charge < -0.3 is 14.8 Å². The van der Waals surface area contributed by atoms with Crippen molar-refractivity contribution in [1.29, 1.82) is 0 Å². The Morgan fingerprint density at radius 3 is 2.60 bits per heavy atom. The van der Waals surface area contributed by atoms with Crippen LogP contribution < -0.4 is 10.1 Å². The largest absolute Gasteiger partial charge is 0.496 e. The van der Waals surface area contributed by atoms with Gasteiger partial charge in [0.25, 0.3) is 5.91 Å². The van der Waals surface area contributed by atoms with Gasteiger partial charge in [-0.25, -0.2) is 0 Å². The molecule has 0 saturated heterocycles. The maximum absolute atomic E-state index is 12.6. The van der Waals surface area contributed by atoms with E-state index in [0.717, 1.165) is 35.4 Å². The number of amides is 1. The topological polar surface area (TPSA) is 47.6 Å². The Morgan fingerprint density at radius 2 is 1.92 bits per heavy atom. The molecule has 0 spiro atoms. The number of aryl methyl sites for hydroxylation is 2. The zero-order valence-electron chi connectivity index (χ0n) is 15.5. The summed E-state index contributed by atoms with van der Waals surface area (Å²) in [5, 5.41) is 2.97. The predicted octanol–water partition coefficient (Wildman–Crippen LogP) is 4.88. The number of anilines is 1. The lowest BCUT2D eigenvalue weighted by Crippen LogP contribution is -2.13. The smallest absolute Gasteiger partial charge is 0.255 e. The quantitative estimate of drug-likeness (QED) is 0.696. The molecule has 0 aliphatic rings. The fourth-order valence-corrected chi connectivity index (χ4v) is 2.61. The zero-order chi connectivity index (χ0) is 18.2. The molecule has 0 radical (unpaired) electrons. The Labute approximate surface area is 150 Å². The Balaban J connectivity index is 2.13. The summed E-state index contributed by atoms with van der Waals surface area (Å²) in [4.78, 5) is 12.6. The average molecular weight is 341 g/mol. The number of benzene rings is 2. The third-order valence-electron chi connectivity index (χ3n) is 4.07. The minimum Gasteiger partial charge on any atom is -0.496 e. The highest BCUT2D eigenvalue weighted by molar-refractivity contribution is 6.04. The third-order valence-corrected chi connectivity index (χ3v) is 4.07. The van der Waals surface area contributed by atoms with Crippen LogP contribution in [0.15, 0.2) is 36.4 Å². The first kappa shape index (κ1) is 19.0. The average Bonchev–Trinajstić information content (AvgIpc) is 2.61. The van der Waals surface area contributed by atoms with E-state index in [0.29, 0.717) is 18.8 Å². The maximum atomic E-state index is 12.6. The van der Waals surface area contributed by atoms with Gasteiger partial charge in [0.1, 0.15) is 5.75 Å². The molecule has 4 nitrogen and oxygen atoms in total. The third kappa shape index (κ3) is 5.33. The second kappa shape index (κ2) is 9.23. The van der Waals surface area contributed by atoms with Crippen LogP contribution in [0, 0.1) is 13.8 Å². The highest BCUT2D eigenvalue weighted by Crippen LogP contribution is 2.23. The Bertz CT molecular complexity index is 725. The molecular formula is C21H27NO3. The van der Waals surface area contributed by atoms with Gasteiger partial charge in [0.2, 0.25) is 0 Å². The van der Waals surface area contributed by atoms with E-state index in [9.17, 15) is 4.79 Å². The van der Waals surface area contributed by atoms with Crippen molar-refractivity contribution in [3.8, 4) is 5.75 Å². The fraction of sp³-hybridized carbons (Fsp3) is 0.381. The van der Waals surface area contributed by atoms with Gasteiger partial charge in [-0.2, -0.15) is 0 Å². The highest BCUT2D eigenvalue weighted by Gasteiger charge is 2.12. The molecule has 0 fully saturated rings. The van der Waals surface area contributed by atoms with Crippen molar-refractivity contribution < 1.29 is 14.3 Å². The highest BCUT2D eigenvalue weighted by atomic mass is 16.5. The zero-order valence-corrected chi connectivity index (χ0v) is 15.5. The lowest BCUT2D eigenvalue weighted by atomic mass is 10.1. The molecule has 0 aromatic heterocycles. The molecule has 4 heteroatoms. The van der Waals surface area contributed by atoms with Crippen LogP contribution in [0.25, 0.3) is 0 Å². The predicted molar refractivity (Wildman–Crippen MR) is 101 cm³/mol. The number of carbonyl (C=O) groups excluding carboxylic acids is 1. The summed E-state index contributed by atoms with van der Waals surface area (Å²) in [7, 11) is 1.63. The van der Waals surface area contributed by atoms with E-state index in [1.165, 1.54) is 5.56 Å². The van der Waals surface area contributed by atoms with Gasteiger partial charge in [0, 0.05) is 23.4 Å². The van der Waals surface area contributed by atoms with Gasteiger partial charge in [0.15, 0.2) is 0 Å². The monoisotopic (exact) mass is 341 g/mol. The lowest BCUT2D eigenvalue weighted by Gasteiger charge is -2.13. The maximum Gasteiger partial charge on any atom is 0.255 e. The molecule has 0 unspecified atom stereocenters. The summed E-state index contributed by atoms with van der Waals surface area (Å²) in [6, 6.07) is 11.4. The number of hydrogen-bond acceptors (Lipinski definition) is 3. The number of methoxy groups -OCH3 is 1. The lowest BCUT2D eigenvalue weighted by molar-refractivity contribution is 0.102. The molecule has 2 aromatic carbocycles. The molecule has 1 amide bonds. The first-order chi connectivity index (χ1) is 12.0. The number of ether oxygens (including phenoxy) is 2. The number of unbranched alkanes of at least 4 members (excludes halogenated alkanes) is 1.